The highest BCUT2D eigenvalue weighted by atomic mass is 32.2. The van der Waals surface area contributed by atoms with Crippen LogP contribution in [-0.2, 0) is 14.3 Å². The zero-order valence-electron chi connectivity index (χ0n) is 13.8. The number of carbonyl (C=O) groups is 3. The summed E-state index contributed by atoms with van der Waals surface area (Å²) in [4.78, 5) is 46.2. The van der Waals surface area contributed by atoms with E-state index in [0.717, 1.165) is 7.11 Å². The summed E-state index contributed by atoms with van der Waals surface area (Å²) < 4.78 is 5.88. The van der Waals surface area contributed by atoms with E-state index < -0.39 is 22.2 Å². The Labute approximate surface area is 147 Å². The van der Waals surface area contributed by atoms with E-state index in [4.69, 9.17) is 0 Å². The zero-order valence-corrected chi connectivity index (χ0v) is 14.6. The lowest BCUT2D eigenvalue weighted by Crippen LogP contribution is -2.35. The summed E-state index contributed by atoms with van der Waals surface area (Å²) in [5.41, 5.74) is 0.907. The van der Waals surface area contributed by atoms with Gasteiger partial charge in [-0.3, -0.25) is 24.3 Å². The second-order valence-corrected chi connectivity index (χ2v) is 6.59. The number of aromatic nitrogens is 1. The Morgan fingerprint density at radius 2 is 1.88 bits per heavy atom. The standard InChI is InChI=1S/C16H16N2O6S/c1-9(19)17-8-12(11-6-4-5-7-13(11)17)15(25-10(2)20)14(18(22)23)16(21)24-3/h4-8,14-15H,1-3H3/t14-,15+/m1/s1. The lowest BCUT2D eigenvalue weighted by molar-refractivity contribution is -0.510. The van der Waals surface area contributed by atoms with Crippen LogP contribution < -0.4 is 0 Å². The van der Waals surface area contributed by atoms with E-state index >= 15 is 0 Å². The summed E-state index contributed by atoms with van der Waals surface area (Å²) in [5.74, 6) is -1.34. The van der Waals surface area contributed by atoms with Crippen LogP contribution in [0.2, 0.25) is 0 Å². The van der Waals surface area contributed by atoms with Crippen molar-refractivity contribution in [1.29, 1.82) is 0 Å². The van der Waals surface area contributed by atoms with Crippen LogP contribution in [0.1, 0.15) is 29.5 Å². The molecule has 0 aliphatic rings. The van der Waals surface area contributed by atoms with Gasteiger partial charge in [-0.2, -0.15) is 0 Å². The first kappa shape index (κ1) is 18.7. The van der Waals surface area contributed by atoms with Gasteiger partial charge in [0.25, 0.3) is 0 Å². The molecule has 0 fully saturated rings. The quantitative estimate of drug-likeness (QED) is 0.455. The summed E-state index contributed by atoms with van der Waals surface area (Å²) in [5, 5.41) is 10.5. The van der Waals surface area contributed by atoms with E-state index in [9.17, 15) is 24.5 Å². The van der Waals surface area contributed by atoms with Gasteiger partial charge in [-0.15, -0.1) is 0 Å². The molecule has 0 amide bonds. The maximum absolute atomic E-state index is 12.0. The molecule has 0 spiro atoms. The van der Waals surface area contributed by atoms with Crippen molar-refractivity contribution in [3.63, 3.8) is 0 Å². The van der Waals surface area contributed by atoms with Gasteiger partial charge in [0.15, 0.2) is 5.12 Å². The largest absolute Gasteiger partial charge is 0.464 e. The van der Waals surface area contributed by atoms with Gasteiger partial charge >= 0.3 is 12.0 Å². The minimum absolute atomic E-state index is 0.287. The minimum atomic E-state index is -1.77. The fourth-order valence-corrected chi connectivity index (χ4v) is 3.62. The Hall–Kier alpha value is -2.68. The molecule has 1 aromatic heterocycles. The molecule has 0 radical (unpaired) electrons. The number of para-hydroxylation sites is 1. The molecule has 1 aromatic carbocycles. The van der Waals surface area contributed by atoms with Crippen LogP contribution in [0, 0.1) is 10.1 Å². The number of hydrogen-bond acceptors (Lipinski definition) is 7. The zero-order chi connectivity index (χ0) is 18.7. The molecule has 132 valence electrons. The summed E-state index contributed by atoms with van der Waals surface area (Å²) in [7, 11) is 1.05. The van der Waals surface area contributed by atoms with Gasteiger partial charge in [0.1, 0.15) is 5.25 Å². The molecule has 0 saturated carbocycles. The monoisotopic (exact) mass is 364 g/mol. The van der Waals surface area contributed by atoms with Crippen molar-refractivity contribution in [2.75, 3.05) is 7.11 Å². The summed E-state index contributed by atoms with van der Waals surface area (Å²) in [6.07, 6.45) is 1.44. The van der Waals surface area contributed by atoms with Crippen molar-refractivity contribution in [2.45, 2.75) is 25.1 Å². The van der Waals surface area contributed by atoms with E-state index in [-0.39, 0.29) is 11.0 Å². The number of methoxy groups -OCH3 is 1. The number of carbonyl (C=O) groups excluding carboxylic acids is 3. The van der Waals surface area contributed by atoms with Gasteiger partial charge in [-0.1, -0.05) is 30.0 Å². The van der Waals surface area contributed by atoms with E-state index in [1.807, 2.05) is 0 Å². The predicted molar refractivity (Wildman–Crippen MR) is 92.0 cm³/mol. The highest BCUT2D eigenvalue weighted by Gasteiger charge is 2.43. The molecule has 9 heteroatoms. The molecule has 0 N–H and O–H groups in total. The Morgan fingerprint density at radius 3 is 2.40 bits per heavy atom. The Balaban J connectivity index is 2.72. The van der Waals surface area contributed by atoms with Crippen molar-refractivity contribution in [3.8, 4) is 0 Å². The van der Waals surface area contributed by atoms with E-state index in [1.165, 1.54) is 24.6 Å². The summed E-state index contributed by atoms with van der Waals surface area (Å²) >= 11 is 0.667. The fourth-order valence-electron chi connectivity index (χ4n) is 2.61. The fraction of sp³-hybridized carbons (Fsp3) is 0.312. The second kappa shape index (κ2) is 7.47. The Bertz CT molecular complexity index is 859. The third kappa shape index (κ3) is 3.71. The molecule has 2 rings (SSSR count). The number of rotatable bonds is 5. The molecule has 8 nitrogen and oxygen atoms in total. The highest BCUT2D eigenvalue weighted by molar-refractivity contribution is 8.13. The second-order valence-electron chi connectivity index (χ2n) is 5.27. The number of fused-ring (bicyclic) bond motifs is 1. The number of hydrogen-bond donors (Lipinski definition) is 0. The van der Waals surface area contributed by atoms with E-state index in [0.29, 0.717) is 28.2 Å². The van der Waals surface area contributed by atoms with Gasteiger partial charge < -0.3 is 4.74 Å². The molecular weight excluding hydrogens is 348 g/mol. The molecule has 0 unspecified atom stereocenters. The van der Waals surface area contributed by atoms with Crippen LogP contribution >= 0.6 is 11.8 Å². The topological polar surface area (TPSA) is 109 Å². The SMILES string of the molecule is COC(=O)[C@@H]([C@@H](SC(C)=O)c1cn(C(C)=O)c2ccccc12)[N+](=O)[O-]. The van der Waals surface area contributed by atoms with Crippen LogP contribution in [0.15, 0.2) is 30.5 Å². The third-order valence-electron chi connectivity index (χ3n) is 3.64. The lowest BCUT2D eigenvalue weighted by Gasteiger charge is -2.17. The average Bonchev–Trinajstić information content (AvgIpc) is 2.93. The van der Waals surface area contributed by atoms with Crippen molar-refractivity contribution < 1.29 is 24.0 Å². The molecule has 0 aliphatic heterocycles. The maximum Gasteiger partial charge on any atom is 0.383 e. The van der Waals surface area contributed by atoms with Crippen LogP contribution in [0.4, 0.5) is 0 Å². The Morgan fingerprint density at radius 1 is 1.24 bits per heavy atom. The highest BCUT2D eigenvalue weighted by Crippen LogP contribution is 2.39. The summed E-state index contributed by atoms with van der Waals surface area (Å²) in [6, 6.07) is 5.04. The van der Waals surface area contributed by atoms with Crippen LogP contribution in [0.25, 0.3) is 10.9 Å². The molecular formula is C16H16N2O6S. The van der Waals surface area contributed by atoms with Crippen LogP contribution in [0.3, 0.4) is 0 Å². The first-order valence-corrected chi connectivity index (χ1v) is 8.15. The number of nitro groups is 1. The molecule has 2 aromatic rings. The molecule has 2 atom stereocenters. The van der Waals surface area contributed by atoms with Crippen LogP contribution in [0.5, 0.6) is 0 Å². The average molecular weight is 364 g/mol. The molecule has 0 saturated heterocycles. The number of ether oxygens (including phenoxy) is 1. The van der Waals surface area contributed by atoms with Gasteiger partial charge in [0.2, 0.25) is 5.91 Å². The first-order valence-electron chi connectivity index (χ1n) is 7.27. The van der Waals surface area contributed by atoms with Crippen molar-refractivity contribution in [3.05, 3.63) is 46.1 Å². The first-order chi connectivity index (χ1) is 11.8. The van der Waals surface area contributed by atoms with E-state index in [1.54, 1.807) is 24.3 Å². The van der Waals surface area contributed by atoms with Crippen molar-refractivity contribution in [2.24, 2.45) is 0 Å². The summed E-state index contributed by atoms with van der Waals surface area (Å²) in [6.45, 7) is 2.62. The van der Waals surface area contributed by atoms with E-state index in [2.05, 4.69) is 4.74 Å². The molecule has 25 heavy (non-hydrogen) atoms. The lowest BCUT2D eigenvalue weighted by atomic mass is 10.0. The third-order valence-corrected chi connectivity index (χ3v) is 4.74. The number of benzene rings is 1. The number of esters is 1. The van der Waals surface area contributed by atoms with Gasteiger partial charge in [0, 0.05) is 30.4 Å². The maximum atomic E-state index is 12.0. The predicted octanol–water partition coefficient (Wildman–Crippen LogP) is 2.44. The minimum Gasteiger partial charge on any atom is -0.464 e. The van der Waals surface area contributed by atoms with Gasteiger partial charge in [0.05, 0.1) is 12.6 Å². The van der Waals surface area contributed by atoms with Gasteiger partial charge in [-0.25, -0.2) is 4.79 Å². The van der Waals surface area contributed by atoms with Crippen molar-refractivity contribution >= 4 is 39.7 Å². The van der Waals surface area contributed by atoms with Crippen LogP contribution in [-0.4, -0.2) is 39.6 Å². The smallest absolute Gasteiger partial charge is 0.383 e. The number of nitrogens with zero attached hydrogens (tertiary/aromatic N) is 2. The normalized spacial score (nSPS) is 13.2. The Kier molecular flexibility index (Phi) is 5.58. The number of thioether (sulfide) groups is 1. The molecule has 0 bridgehead atoms. The van der Waals surface area contributed by atoms with Crippen molar-refractivity contribution in [1.82, 2.24) is 4.57 Å². The molecule has 0 aliphatic carbocycles. The van der Waals surface area contributed by atoms with Gasteiger partial charge in [-0.05, 0) is 11.6 Å². The molecule has 1 heterocycles.